The van der Waals surface area contributed by atoms with E-state index >= 15 is 0 Å². The van der Waals surface area contributed by atoms with Gasteiger partial charge in [0.1, 0.15) is 15.3 Å². The van der Waals surface area contributed by atoms with E-state index in [0.717, 1.165) is 0 Å². The fourth-order valence-corrected chi connectivity index (χ4v) is 2.52. The largest absolute Gasteiger partial charge is 0.311 e. The zero-order valence-corrected chi connectivity index (χ0v) is 7.32. The summed E-state index contributed by atoms with van der Waals surface area (Å²) in [4.78, 5) is 21.1. The maximum atomic E-state index is 11.1. The fourth-order valence-electron chi connectivity index (χ4n) is 0.838. The molecule has 7 heteroatoms. The van der Waals surface area contributed by atoms with Gasteiger partial charge in [-0.2, -0.15) is 0 Å². The van der Waals surface area contributed by atoms with Gasteiger partial charge in [-0.3, -0.25) is 4.79 Å². The van der Waals surface area contributed by atoms with Crippen molar-refractivity contribution in [3.63, 3.8) is 0 Å². The van der Waals surface area contributed by atoms with E-state index in [1.165, 1.54) is 11.9 Å². The second-order valence-electron chi connectivity index (χ2n) is 1.99. The molecule has 0 aliphatic carbocycles. The molecule has 1 aromatic rings. The van der Waals surface area contributed by atoms with Crippen molar-refractivity contribution in [2.24, 2.45) is 4.99 Å². The van der Waals surface area contributed by atoms with Crippen LogP contribution in [0.3, 0.4) is 0 Å². The van der Waals surface area contributed by atoms with Crippen LogP contribution in [0.2, 0.25) is 0 Å². The molecule has 1 aliphatic heterocycles. The molecule has 0 fully saturated rings. The normalized spacial score (nSPS) is 19.2. The minimum absolute atomic E-state index is 0.268. The summed E-state index contributed by atoms with van der Waals surface area (Å²) in [5, 5.41) is 0.485. The topological polar surface area (TPSA) is 75.2 Å². The Balaban J connectivity index is 2.85. The number of rotatable bonds is 0. The molecule has 1 atom stereocenters. The summed E-state index contributed by atoms with van der Waals surface area (Å²) < 4.78 is 10.5. The third-order valence-electron chi connectivity index (χ3n) is 1.34. The molecule has 12 heavy (non-hydrogen) atoms. The lowest BCUT2D eigenvalue weighted by atomic mass is 10.5. The lowest BCUT2D eigenvalue weighted by Crippen LogP contribution is -2.06. The van der Waals surface area contributed by atoms with Crippen LogP contribution < -0.4 is 5.56 Å². The minimum atomic E-state index is -0.681. The molecule has 2 rings (SSSR count). The molecule has 0 saturated carbocycles. The molecule has 1 N–H and O–H groups in total. The Morgan fingerprint density at radius 3 is 3.17 bits per heavy atom. The van der Waals surface area contributed by atoms with Gasteiger partial charge < -0.3 is 4.98 Å². The summed E-state index contributed by atoms with van der Waals surface area (Å²) in [5.41, 5.74) is 1.44. The predicted molar refractivity (Wildman–Crippen MR) is 46.8 cm³/mol. The highest BCUT2D eigenvalue weighted by atomic mass is 32.8. The highest BCUT2D eigenvalue weighted by molar-refractivity contribution is 8.38. The van der Waals surface area contributed by atoms with Gasteiger partial charge >= 0.3 is 0 Å². The molecule has 1 aliphatic rings. The van der Waals surface area contributed by atoms with Gasteiger partial charge in [-0.15, -0.1) is 0 Å². The number of aromatic amines is 1. The number of hydrogen-bond acceptors (Lipinski definition) is 4. The molecule has 0 aromatic carbocycles. The van der Waals surface area contributed by atoms with Crippen molar-refractivity contribution < 1.29 is 4.21 Å². The molecule has 5 nitrogen and oxygen atoms in total. The predicted octanol–water partition coefficient (Wildman–Crippen LogP) is -0.452. The van der Waals surface area contributed by atoms with E-state index < -0.39 is 9.45 Å². The molecule has 0 saturated heterocycles. The lowest BCUT2D eigenvalue weighted by Gasteiger charge is -1.91. The molecule has 0 bridgehead atoms. The maximum Gasteiger partial charge on any atom is 0.277 e. The van der Waals surface area contributed by atoms with Gasteiger partial charge in [-0.05, 0) is 0 Å². The number of nitrogens with one attached hydrogen (secondary N) is 1. The van der Waals surface area contributed by atoms with Crippen LogP contribution >= 0.6 is 0 Å². The quantitative estimate of drug-likeness (QED) is 0.577. The van der Waals surface area contributed by atoms with E-state index in [4.69, 9.17) is 0 Å². The first-order chi connectivity index (χ1) is 5.83. The highest BCUT2D eigenvalue weighted by Crippen LogP contribution is 2.19. The summed E-state index contributed by atoms with van der Waals surface area (Å²) in [6.07, 6.45) is 1.28. The van der Waals surface area contributed by atoms with Gasteiger partial charge in [0, 0.05) is 9.45 Å². The van der Waals surface area contributed by atoms with E-state index in [9.17, 15) is 9.00 Å². The van der Waals surface area contributed by atoms with Gasteiger partial charge in [0.25, 0.3) is 5.56 Å². The van der Waals surface area contributed by atoms with E-state index in [1.807, 2.05) is 0 Å². The first-order valence-electron chi connectivity index (χ1n) is 2.98. The first kappa shape index (κ1) is 7.56. The van der Waals surface area contributed by atoms with Crippen molar-refractivity contribution in [2.45, 2.75) is 5.03 Å². The molecule has 2 heterocycles. The molecular formula is C5H3N3O2S2. The molecule has 0 spiro atoms. The molecule has 62 valence electrons. The molecule has 1 aromatic heterocycles. The molecular weight excluding hydrogens is 198 g/mol. The lowest BCUT2D eigenvalue weighted by molar-refractivity contribution is 0.701. The van der Waals surface area contributed by atoms with Crippen LogP contribution in [0.1, 0.15) is 0 Å². The Morgan fingerprint density at radius 2 is 2.42 bits per heavy atom. The number of H-pyrrole nitrogens is 1. The third kappa shape index (κ3) is 0.978. The Hall–Kier alpha value is -1.08. The number of aliphatic imine (C=N–C) groups is 1. The molecule has 0 radical (unpaired) electrons. The maximum absolute atomic E-state index is 11.1. The zero-order chi connectivity index (χ0) is 8.55. The van der Waals surface area contributed by atoms with E-state index in [-0.39, 0.29) is 11.2 Å². The van der Waals surface area contributed by atoms with Gasteiger partial charge in [-0.1, -0.05) is 0 Å². The second-order valence-corrected chi connectivity index (χ2v) is 4.80. The van der Waals surface area contributed by atoms with Crippen LogP contribution in [0.25, 0.3) is 0 Å². The summed E-state index contributed by atoms with van der Waals surface area (Å²) in [6, 6.07) is 0. The van der Waals surface area contributed by atoms with Crippen LogP contribution in [-0.4, -0.2) is 19.7 Å². The number of aromatic nitrogens is 2. The fraction of sp³-hybridized carbons (Fsp3) is 0. The van der Waals surface area contributed by atoms with E-state index in [1.54, 1.807) is 0 Å². The van der Waals surface area contributed by atoms with Crippen molar-refractivity contribution in [2.75, 3.05) is 0 Å². The zero-order valence-electron chi connectivity index (χ0n) is 5.68. The van der Waals surface area contributed by atoms with Crippen molar-refractivity contribution in [1.82, 2.24) is 9.97 Å². The van der Waals surface area contributed by atoms with E-state index in [2.05, 4.69) is 15.0 Å². The Kier molecular flexibility index (Phi) is 1.74. The van der Waals surface area contributed by atoms with Gasteiger partial charge in [-0.25, -0.2) is 14.2 Å². The van der Waals surface area contributed by atoms with Crippen LogP contribution in [0.5, 0.6) is 0 Å². The minimum Gasteiger partial charge on any atom is -0.311 e. The smallest absolute Gasteiger partial charge is 0.277 e. The van der Waals surface area contributed by atoms with Gasteiger partial charge in [0.05, 0.1) is 11.9 Å². The number of fused-ring (bicyclic) bond motifs is 1. The SMILES string of the molecule is O=S=S1C=Nc2c1nc[nH]c2=O. The second kappa shape index (κ2) is 2.76. The monoisotopic (exact) mass is 201 g/mol. The Morgan fingerprint density at radius 1 is 1.58 bits per heavy atom. The first-order valence-corrected chi connectivity index (χ1v) is 5.53. The number of hydrogen-bond donors (Lipinski definition) is 1. The third-order valence-corrected chi connectivity index (χ3v) is 3.63. The summed E-state index contributed by atoms with van der Waals surface area (Å²) >= 11 is 0. The van der Waals surface area contributed by atoms with Crippen molar-refractivity contribution in [3.8, 4) is 0 Å². The Bertz CT molecular complexity index is 472. The average molecular weight is 201 g/mol. The van der Waals surface area contributed by atoms with Crippen LogP contribution in [-0.2, 0) is 19.7 Å². The summed E-state index contributed by atoms with van der Waals surface area (Å²) in [5.74, 6) is 0. The van der Waals surface area contributed by atoms with Crippen LogP contribution in [0.15, 0.2) is 21.1 Å². The summed E-state index contributed by atoms with van der Waals surface area (Å²) in [7, 11) is -0.284. The number of nitrogens with zero attached hydrogens (tertiary/aromatic N) is 2. The van der Waals surface area contributed by atoms with Gasteiger partial charge in [0.2, 0.25) is 0 Å². The standard InChI is InChI=1S/C5H3N3O2S2/c9-4-3-5(7-1-6-4)12(11-10)2-8-3/h1-2H,(H,6,7,9). The van der Waals surface area contributed by atoms with E-state index in [0.29, 0.717) is 15.3 Å². The summed E-state index contributed by atoms with van der Waals surface area (Å²) in [6.45, 7) is 0. The highest BCUT2D eigenvalue weighted by Gasteiger charge is 2.16. The average Bonchev–Trinajstić information content (AvgIpc) is 2.49. The molecule has 1 unspecified atom stereocenters. The van der Waals surface area contributed by atoms with Crippen molar-refractivity contribution in [3.05, 3.63) is 16.7 Å². The van der Waals surface area contributed by atoms with Gasteiger partial charge in [0.15, 0.2) is 5.69 Å². The van der Waals surface area contributed by atoms with Crippen molar-refractivity contribution in [1.29, 1.82) is 0 Å². The van der Waals surface area contributed by atoms with Crippen LogP contribution in [0.4, 0.5) is 5.69 Å². The molecule has 0 amide bonds. The van der Waals surface area contributed by atoms with Crippen molar-refractivity contribution >= 4 is 30.9 Å². The Labute approximate surface area is 72.2 Å². The van der Waals surface area contributed by atoms with Crippen LogP contribution in [0, 0.1) is 0 Å².